The Bertz CT molecular complexity index is 648. The van der Waals surface area contributed by atoms with Gasteiger partial charge in [0.15, 0.2) is 0 Å². The van der Waals surface area contributed by atoms with Crippen LogP contribution < -0.4 is 5.32 Å². The third kappa shape index (κ3) is 2.88. The summed E-state index contributed by atoms with van der Waals surface area (Å²) in [6.45, 7) is 4.59. The molecule has 3 unspecified atom stereocenters. The molecular formula is C19H29N5O. The lowest BCUT2D eigenvalue weighted by molar-refractivity contribution is -0.133. The molecule has 0 aromatic carbocycles. The first-order valence-corrected chi connectivity index (χ1v) is 10.2. The molecule has 6 heteroatoms. The lowest BCUT2D eigenvalue weighted by atomic mass is 9.85. The van der Waals surface area contributed by atoms with Gasteiger partial charge in [-0.15, -0.1) is 10.2 Å². The van der Waals surface area contributed by atoms with Crippen molar-refractivity contribution >= 4 is 5.91 Å². The van der Waals surface area contributed by atoms with E-state index in [0.717, 1.165) is 75.5 Å². The smallest absolute Gasteiger partial charge is 0.222 e. The van der Waals surface area contributed by atoms with Gasteiger partial charge in [-0.3, -0.25) is 4.79 Å². The maximum absolute atomic E-state index is 12.7. The van der Waals surface area contributed by atoms with Crippen LogP contribution in [0.25, 0.3) is 0 Å². The Morgan fingerprint density at radius 1 is 1.08 bits per heavy atom. The van der Waals surface area contributed by atoms with Crippen LogP contribution in [0.4, 0.5) is 0 Å². The lowest BCUT2D eigenvalue weighted by Crippen LogP contribution is -2.40. The van der Waals surface area contributed by atoms with Crippen molar-refractivity contribution < 1.29 is 4.79 Å². The molecule has 3 fully saturated rings. The van der Waals surface area contributed by atoms with E-state index in [9.17, 15) is 4.79 Å². The molecule has 2 aliphatic carbocycles. The van der Waals surface area contributed by atoms with E-state index in [2.05, 4.69) is 25.0 Å². The normalized spacial score (nSPS) is 32.2. The largest absolute Gasteiger partial charge is 0.343 e. The molecule has 1 aromatic heterocycles. The van der Waals surface area contributed by atoms with Crippen LogP contribution in [0, 0.1) is 17.8 Å². The van der Waals surface area contributed by atoms with Crippen LogP contribution in [-0.4, -0.2) is 45.2 Å². The summed E-state index contributed by atoms with van der Waals surface area (Å²) in [5.74, 6) is 5.55. The van der Waals surface area contributed by atoms with Crippen molar-refractivity contribution in [3.8, 4) is 0 Å². The number of fused-ring (bicyclic) bond motifs is 3. The predicted octanol–water partition coefficient (Wildman–Crippen LogP) is 1.91. The van der Waals surface area contributed by atoms with Gasteiger partial charge in [-0.1, -0.05) is 6.42 Å². The highest BCUT2D eigenvalue weighted by Gasteiger charge is 2.41. The van der Waals surface area contributed by atoms with Crippen molar-refractivity contribution in [1.82, 2.24) is 25.0 Å². The molecule has 1 aromatic rings. The molecule has 2 bridgehead atoms. The van der Waals surface area contributed by atoms with Gasteiger partial charge in [0.25, 0.3) is 0 Å². The Hall–Kier alpha value is -1.43. The maximum atomic E-state index is 12.7. The third-order valence-electron chi connectivity index (χ3n) is 7.19. The lowest BCUT2D eigenvalue weighted by Gasteiger charge is -2.33. The number of nitrogens with one attached hydrogen (secondary N) is 1. The molecule has 2 saturated carbocycles. The number of nitrogens with zero attached hydrogens (tertiary/aromatic N) is 4. The molecule has 6 nitrogen and oxygen atoms in total. The van der Waals surface area contributed by atoms with Gasteiger partial charge >= 0.3 is 0 Å². The molecule has 3 atom stereocenters. The molecule has 25 heavy (non-hydrogen) atoms. The number of hydrogen-bond acceptors (Lipinski definition) is 4. The first kappa shape index (κ1) is 15.8. The Morgan fingerprint density at radius 2 is 1.96 bits per heavy atom. The van der Waals surface area contributed by atoms with Gasteiger partial charge in [0.1, 0.15) is 11.6 Å². The number of likely N-dealkylation sites (tertiary alicyclic amines) is 1. The van der Waals surface area contributed by atoms with E-state index < -0.39 is 0 Å². The minimum absolute atomic E-state index is 0.406. The summed E-state index contributed by atoms with van der Waals surface area (Å²) in [5, 5.41) is 12.2. The van der Waals surface area contributed by atoms with Crippen molar-refractivity contribution in [1.29, 1.82) is 0 Å². The van der Waals surface area contributed by atoms with Gasteiger partial charge in [-0.2, -0.15) is 0 Å². The zero-order valence-corrected chi connectivity index (χ0v) is 15.0. The molecule has 1 saturated heterocycles. The van der Waals surface area contributed by atoms with Crippen LogP contribution in [0.2, 0.25) is 0 Å². The van der Waals surface area contributed by atoms with Crippen LogP contribution in [0.3, 0.4) is 0 Å². The average molecular weight is 343 g/mol. The molecule has 2 aliphatic heterocycles. The van der Waals surface area contributed by atoms with E-state index >= 15 is 0 Å². The van der Waals surface area contributed by atoms with Crippen LogP contribution >= 0.6 is 0 Å². The number of carbonyl (C=O) groups is 1. The van der Waals surface area contributed by atoms with E-state index in [1.807, 2.05) is 0 Å². The predicted molar refractivity (Wildman–Crippen MR) is 93.8 cm³/mol. The van der Waals surface area contributed by atoms with Gasteiger partial charge in [0.05, 0.1) is 6.54 Å². The second-order valence-corrected chi connectivity index (χ2v) is 8.60. The zero-order valence-electron chi connectivity index (χ0n) is 15.0. The SMILES string of the molecule is O=C(CC1CC2CCC1C2)N1CCC(c2nnc3n2CCNC3)CC1. The molecule has 0 radical (unpaired) electrons. The summed E-state index contributed by atoms with van der Waals surface area (Å²) in [6, 6.07) is 0. The number of piperidine rings is 1. The highest BCUT2D eigenvalue weighted by molar-refractivity contribution is 5.76. The quantitative estimate of drug-likeness (QED) is 0.911. The number of hydrogen-bond donors (Lipinski definition) is 1. The Labute approximate surface area is 149 Å². The molecule has 4 aliphatic rings. The fraction of sp³-hybridized carbons (Fsp3) is 0.842. The summed E-state index contributed by atoms with van der Waals surface area (Å²) >= 11 is 0. The van der Waals surface area contributed by atoms with Crippen LogP contribution in [0.15, 0.2) is 0 Å². The number of amides is 1. The molecule has 136 valence electrons. The van der Waals surface area contributed by atoms with Crippen LogP contribution in [0.1, 0.15) is 62.5 Å². The van der Waals surface area contributed by atoms with Crippen LogP contribution in [-0.2, 0) is 17.9 Å². The van der Waals surface area contributed by atoms with Gasteiger partial charge in [0, 0.05) is 38.5 Å². The van der Waals surface area contributed by atoms with Gasteiger partial charge in [-0.25, -0.2) is 0 Å². The van der Waals surface area contributed by atoms with E-state index in [1.165, 1.54) is 25.7 Å². The highest BCUT2D eigenvalue weighted by atomic mass is 16.2. The Kier molecular flexibility index (Phi) is 4.03. The summed E-state index contributed by atoms with van der Waals surface area (Å²) < 4.78 is 2.30. The number of rotatable bonds is 3. The van der Waals surface area contributed by atoms with Crippen molar-refractivity contribution in [2.24, 2.45) is 17.8 Å². The van der Waals surface area contributed by atoms with E-state index in [0.29, 0.717) is 17.7 Å². The summed E-state index contributed by atoms with van der Waals surface area (Å²) in [6.07, 6.45) is 8.37. The molecule has 1 N–H and O–H groups in total. The van der Waals surface area contributed by atoms with E-state index in [-0.39, 0.29) is 0 Å². The van der Waals surface area contributed by atoms with Gasteiger partial charge in [0.2, 0.25) is 5.91 Å². The Morgan fingerprint density at radius 3 is 2.72 bits per heavy atom. The molecule has 3 heterocycles. The second-order valence-electron chi connectivity index (χ2n) is 8.60. The Balaban J connectivity index is 1.17. The minimum atomic E-state index is 0.406. The van der Waals surface area contributed by atoms with Crippen molar-refractivity contribution in [3.63, 3.8) is 0 Å². The zero-order chi connectivity index (χ0) is 16.8. The van der Waals surface area contributed by atoms with Crippen molar-refractivity contribution in [3.05, 3.63) is 11.6 Å². The summed E-state index contributed by atoms with van der Waals surface area (Å²) in [4.78, 5) is 14.9. The van der Waals surface area contributed by atoms with E-state index in [1.54, 1.807) is 0 Å². The molecule has 0 spiro atoms. The summed E-state index contributed by atoms with van der Waals surface area (Å²) in [5.41, 5.74) is 0. The fourth-order valence-electron chi connectivity index (χ4n) is 5.78. The average Bonchev–Trinajstić information content (AvgIpc) is 3.37. The van der Waals surface area contributed by atoms with Gasteiger partial charge < -0.3 is 14.8 Å². The minimum Gasteiger partial charge on any atom is -0.343 e. The maximum Gasteiger partial charge on any atom is 0.222 e. The van der Waals surface area contributed by atoms with Gasteiger partial charge in [-0.05, 0) is 49.9 Å². The van der Waals surface area contributed by atoms with Crippen molar-refractivity contribution in [2.75, 3.05) is 19.6 Å². The second kappa shape index (κ2) is 6.38. The molecule has 1 amide bonds. The van der Waals surface area contributed by atoms with Crippen LogP contribution in [0.5, 0.6) is 0 Å². The third-order valence-corrected chi connectivity index (χ3v) is 7.19. The first-order valence-electron chi connectivity index (χ1n) is 10.2. The highest BCUT2D eigenvalue weighted by Crippen LogP contribution is 2.49. The fourth-order valence-corrected chi connectivity index (χ4v) is 5.78. The number of carbonyl (C=O) groups excluding carboxylic acids is 1. The standard InChI is InChI=1S/C19H29N5O/c25-18(11-16-10-13-1-2-15(16)9-13)23-6-3-14(4-7-23)19-22-21-17-12-20-5-8-24(17)19/h13-16,20H,1-12H2. The van der Waals surface area contributed by atoms with Crippen molar-refractivity contribution in [2.45, 2.75) is 64.0 Å². The number of aromatic nitrogens is 3. The molecule has 5 rings (SSSR count). The van der Waals surface area contributed by atoms with E-state index in [4.69, 9.17) is 0 Å². The molecular weight excluding hydrogens is 314 g/mol. The monoisotopic (exact) mass is 343 g/mol. The topological polar surface area (TPSA) is 63.1 Å². The summed E-state index contributed by atoms with van der Waals surface area (Å²) in [7, 11) is 0. The first-order chi connectivity index (χ1) is 12.3.